The van der Waals surface area contributed by atoms with E-state index in [9.17, 15) is 0 Å². The molecule has 0 aromatic carbocycles. The molecule has 1 atom stereocenters. The van der Waals surface area contributed by atoms with Gasteiger partial charge in [-0.1, -0.05) is 31.6 Å². The third-order valence-corrected chi connectivity index (χ3v) is 2.42. The van der Waals surface area contributed by atoms with Crippen LogP contribution >= 0.6 is 0 Å². The van der Waals surface area contributed by atoms with E-state index in [1.807, 2.05) is 6.08 Å². The topological polar surface area (TPSA) is 9.23 Å². The fourth-order valence-corrected chi connectivity index (χ4v) is 1.41. The maximum absolute atomic E-state index is 5.25. The lowest BCUT2D eigenvalue weighted by Gasteiger charge is -2.09. The van der Waals surface area contributed by atoms with Gasteiger partial charge in [0.1, 0.15) is 14.2 Å². The quantitative estimate of drug-likeness (QED) is 0.382. The molecule has 0 saturated heterocycles. The average Bonchev–Trinajstić information content (AvgIpc) is 2.03. The zero-order valence-corrected chi connectivity index (χ0v) is 10.2. The van der Waals surface area contributed by atoms with Gasteiger partial charge in [-0.3, -0.25) is 0 Å². The summed E-state index contributed by atoms with van der Waals surface area (Å²) in [7, 11) is 0.473. The molecule has 74 valence electrons. The lowest BCUT2D eigenvalue weighted by Crippen LogP contribution is -2.18. The lowest BCUT2D eigenvalue weighted by molar-refractivity contribution is 0.142. The minimum atomic E-state index is -1.24. The Kier molecular flexibility index (Phi) is 5.77. The van der Waals surface area contributed by atoms with Crippen molar-refractivity contribution in [3.05, 3.63) is 12.7 Å². The Hall–Kier alpha value is -0.523. The van der Waals surface area contributed by atoms with Crippen molar-refractivity contribution in [2.45, 2.75) is 38.6 Å². The predicted molar refractivity (Wildman–Crippen MR) is 61.4 cm³/mol. The maximum atomic E-state index is 5.25. The Morgan fingerprint density at radius 3 is 2.46 bits per heavy atom. The molecule has 0 rings (SSSR count). The first-order valence-corrected chi connectivity index (χ1v) is 8.16. The van der Waals surface area contributed by atoms with Crippen LogP contribution in [0.3, 0.4) is 0 Å². The molecule has 0 aliphatic heterocycles. The van der Waals surface area contributed by atoms with Crippen LogP contribution in [-0.4, -0.2) is 21.3 Å². The smallest absolute Gasteiger partial charge is 0.129 e. The van der Waals surface area contributed by atoms with Gasteiger partial charge in [-0.25, -0.2) is 0 Å². The van der Waals surface area contributed by atoms with E-state index in [0.717, 1.165) is 12.8 Å². The van der Waals surface area contributed by atoms with E-state index in [1.165, 1.54) is 0 Å². The molecular weight excluding hydrogens is 176 g/mol. The minimum absolute atomic E-state index is 0.0877. The Morgan fingerprint density at radius 2 is 2.08 bits per heavy atom. The SMILES string of the molecule is C=CCC[C@@H](C#C[Si](C)(C)C)OC. The van der Waals surface area contributed by atoms with Gasteiger partial charge in [-0.05, 0) is 12.8 Å². The van der Waals surface area contributed by atoms with Gasteiger partial charge >= 0.3 is 0 Å². The van der Waals surface area contributed by atoms with E-state index < -0.39 is 8.07 Å². The molecule has 0 fully saturated rings. The maximum Gasteiger partial charge on any atom is 0.129 e. The van der Waals surface area contributed by atoms with Crippen molar-refractivity contribution in [3.63, 3.8) is 0 Å². The van der Waals surface area contributed by atoms with Crippen LogP contribution in [0.5, 0.6) is 0 Å². The highest BCUT2D eigenvalue weighted by atomic mass is 28.3. The van der Waals surface area contributed by atoms with Crippen molar-refractivity contribution in [3.8, 4) is 11.5 Å². The molecule has 0 spiro atoms. The molecule has 0 bridgehead atoms. The van der Waals surface area contributed by atoms with Crippen molar-refractivity contribution in [2.75, 3.05) is 7.11 Å². The number of hydrogen-bond donors (Lipinski definition) is 0. The van der Waals surface area contributed by atoms with Gasteiger partial charge in [-0.2, -0.15) is 0 Å². The molecule has 0 aliphatic carbocycles. The zero-order valence-electron chi connectivity index (χ0n) is 9.18. The van der Waals surface area contributed by atoms with Crippen molar-refractivity contribution in [1.82, 2.24) is 0 Å². The summed E-state index contributed by atoms with van der Waals surface area (Å²) in [6, 6.07) is 0. The van der Waals surface area contributed by atoms with Crippen LogP contribution in [-0.2, 0) is 4.74 Å². The van der Waals surface area contributed by atoms with Crippen molar-refractivity contribution < 1.29 is 4.74 Å². The van der Waals surface area contributed by atoms with Crippen LogP contribution in [0.2, 0.25) is 19.6 Å². The second kappa shape index (κ2) is 6.01. The van der Waals surface area contributed by atoms with Crippen LogP contribution in [0.15, 0.2) is 12.7 Å². The summed E-state index contributed by atoms with van der Waals surface area (Å²) in [6.07, 6.45) is 3.92. The monoisotopic (exact) mass is 196 g/mol. The van der Waals surface area contributed by atoms with E-state index in [2.05, 4.69) is 37.7 Å². The fourth-order valence-electron chi connectivity index (χ4n) is 0.815. The molecular formula is C11H20OSi. The molecule has 1 nitrogen and oxygen atoms in total. The normalized spacial score (nSPS) is 12.9. The van der Waals surface area contributed by atoms with Gasteiger partial charge < -0.3 is 4.74 Å². The molecule has 0 aromatic heterocycles. The summed E-state index contributed by atoms with van der Waals surface area (Å²) in [5, 5.41) is 0. The number of hydrogen-bond acceptors (Lipinski definition) is 1. The Bertz CT molecular complexity index is 204. The second-order valence-corrected chi connectivity index (χ2v) is 8.86. The molecule has 0 amide bonds. The van der Waals surface area contributed by atoms with Gasteiger partial charge in [-0.15, -0.1) is 12.1 Å². The highest BCUT2D eigenvalue weighted by Crippen LogP contribution is 2.02. The third kappa shape index (κ3) is 7.83. The Balaban J connectivity index is 4.08. The largest absolute Gasteiger partial charge is 0.369 e. The first-order chi connectivity index (χ1) is 5.99. The second-order valence-electron chi connectivity index (χ2n) is 4.11. The molecule has 2 heteroatoms. The standard InChI is InChI=1S/C11H20OSi/c1-6-7-8-11(12-2)9-10-13(3,4)5/h6,11H,1,7-8H2,2-5H3/t11-/m0/s1. The molecule has 13 heavy (non-hydrogen) atoms. The molecule has 0 N–H and O–H groups in total. The number of allylic oxidation sites excluding steroid dienone is 1. The van der Waals surface area contributed by atoms with Gasteiger partial charge in [0.25, 0.3) is 0 Å². The van der Waals surface area contributed by atoms with E-state index in [-0.39, 0.29) is 6.10 Å². The zero-order chi connectivity index (χ0) is 10.3. The summed E-state index contributed by atoms with van der Waals surface area (Å²) in [6.45, 7) is 10.4. The molecule has 0 saturated carbocycles. The Labute approximate surface area is 83.2 Å². The van der Waals surface area contributed by atoms with Crippen LogP contribution in [0.4, 0.5) is 0 Å². The van der Waals surface area contributed by atoms with E-state index in [1.54, 1.807) is 7.11 Å². The summed E-state index contributed by atoms with van der Waals surface area (Å²) in [5.74, 6) is 3.19. The first-order valence-electron chi connectivity index (χ1n) is 4.66. The van der Waals surface area contributed by atoms with Gasteiger partial charge in [0, 0.05) is 7.11 Å². The highest BCUT2D eigenvalue weighted by Gasteiger charge is 2.09. The van der Waals surface area contributed by atoms with Crippen molar-refractivity contribution in [1.29, 1.82) is 0 Å². The van der Waals surface area contributed by atoms with Gasteiger partial charge in [0.15, 0.2) is 0 Å². The first kappa shape index (κ1) is 12.5. The number of rotatable bonds is 4. The Morgan fingerprint density at radius 1 is 1.46 bits per heavy atom. The molecule has 0 unspecified atom stereocenters. The summed E-state index contributed by atoms with van der Waals surface area (Å²) in [5.41, 5.74) is 3.31. The van der Waals surface area contributed by atoms with Crippen LogP contribution in [0.1, 0.15) is 12.8 Å². The third-order valence-electron chi connectivity index (χ3n) is 1.53. The summed E-state index contributed by atoms with van der Waals surface area (Å²) < 4.78 is 5.25. The van der Waals surface area contributed by atoms with E-state index >= 15 is 0 Å². The molecule has 0 heterocycles. The predicted octanol–water partition coefficient (Wildman–Crippen LogP) is 2.85. The van der Waals surface area contributed by atoms with Crippen LogP contribution in [0.25, 0.3) is 0 Å². The molecule has 0 aromatic rings. The summed E-state index contributed by atoms with van der Waals surface area (Å²) >= 11 is 0. The minimum Gasteiger partial charge on any atom is -0.369 e. The fraction of sp³-hybridized carbons (Fsp3) is 0.636. The average molecular weight is 196 g/mol. The molecule has 0 aliphatic rings. The highest BCUT2D eigenvalue weighted by molar-refractivity contribution is 6.83. The molecule has 0 radical (unpaired) electrons. The van der Waals surface area contributed by atoms with Crippen LogP contribution < -0.4 is 0 Å². The number of ether oxygens (including phenoxy) is 1. The number of methoxy groups -OCH3 is 1. The van der Waals surface area contributed by atoms with Gasteiger partial charge in [0.05, 0.1) is 0 Å². The van der Waals surface area contributed by atoms with Crippen molar-refractivity contribution in [2.24, 2.45) is 0 Å². The van der Waals surface area contributed by atoms with E-state index in [4.69, 9.17) is 4.74 Å². The van der Waals surface area contributed by atoms with Crippen molar-refractivity contribution >= 4 is 8.07 Å². The lowest BCUT2D eigenvalue weighted by atomic mass is 10.2. The summed E-state index contributed by atoms with van der Waals surface area (Å²) in [4.78, 5) is 0. The van der Waals surface area contributed by atoms with Gasteiger partial charge in [0.2, 0.25) is 0 Å². The van der Waals surface area contributed by atoms with E-state index in [0.29, 0.717) is 0 Å². The van der Waals surface area contributed by atoms with Crippen LogP contribution in [0, 0.1) is 11.5 Å².